The molecule has 0 aliphatic heterocycles. The van der Waals surface area contributed by atoms with Gasteiger partial charge >= 0.3 is 5.97 Å². The maximum absolute atomic E-state index is 13.1. The van der Waals surface area contributed by atoms with Crippen molar-refractivity contribution in [3.05, 3.63) is 48.0 Å². The van der Waals surface area contributed by atoms with Crippen LogP contribution in [-0.4, -0.2) is 32.0 Å². The molecule has 7 nitrogen and oxygen atoms in total. The first kappa shape index (κ1) is 23.4. The van der Waals surface area contributed by atoms with Gasteiger partial charge in [-0.2, -0.15) is 4.72 Å². The number of carbonyl (C=O) groups excluding carboxylic acids is 1. The first-order valence-corrected chi connectivity index (χ1v) is 13.2. The Bertz CT molecular complexity index is 1370. The zero-order chi connectivity index (χ0) is 23.6. The van der Waals surface area contributed by atoms with Crippen molar-refractivity contribution in [1.82, 2.24) is 9.71 Å². The van der Waals surface area contributed by atoms with E-state index in [9.17, 15) is 13.2 Å². The Morgan fingerprint density at radius 1 is 1.15 bits per heavy atom. The van der Waals surface area contributed by atoms with E-state index in [2.05, 4.69) is 9.71 Å². The second-order valence-corrected chi connectivity index (χ2v) is 10.8. The van der Waals surface area contributed by atoms with Crippen LogP contribution in [0.1, 0.15) is 33.6 Å². The largest absolute Gasteiger partial charge is 0.464 e. The lowest BCUT2D eigenvalue weighted by atomic mass is 10.1. The Kier molecular flexibility index (Phi) is 6.83. The molecule has 1 N–H and O–H groups in total. The smallest absolute Gasteiger partial charge is 0.324 e. The van der Waals surface area contributed by atoms with E-state index in [4.69, 9.17) is 9.15 Å². The lowest BCUT2D eigenvalue weighted by molar-refractivity contribution is -0.146. The molecule has 0 radical (unpaired) electrons. The number of nitrogens with zero attached hydrogens (tertiary/aromatic N) is 1. The number of rotatable bonds is 9. The van der Waals surface area contributed by atoms with Gasteiger partial charge in [0.15, 0.2) is 0 Å². The van der Waals surface area contributed by atoms with Crippen LogP contribution in [0.15, 0.2) is 57.3 Å². The molecule has 33 heavy (non-hydrogen) atoms. The number of unbranched alkanes of at least 4 members (excludes halogenated alkanes) is 1. The molecule has 2 aromatic carbocycles. The summed E-state index contributed by atoms with van der Waals surface area (Å²) in [7, 11) is -3.97. The second-order valence-electron chi connectivity index (χ2n) is 8.17. The minimum absolute atomic E-state index is 0.0289. The van der Waals surface area contributed by atoms with Crippen LogP contribution < -0.4 is 4.72 Å². The third kappa shape index (κ3) is 4.95. The van der Waals surface area contributed by atoms with Gasteiger partial charge in [0.1, 0.15) is 22.2 Å². The Morgan fingerprint density at radius 2 is 1.97 bits per heavy atom. The van der Waals surface area contributed by atoms with Gasteiger partial charge in [-0.3, -0.25) is 4.79 Å². The fourth-order valence-corrected chi connectivity index (χ4v) is 5.51. The SMILES string of the molecule is CCCCOC(=O)C(NS(=O)(=O)c1ccc2c(c1)oc1ccc(-c3nccs3)cc12)C(C)C. The molecule has 0 bridgehead atoms. The molecule has 2 heterocycles. The number of sulfonamides is 1. The minimum atomic E-state index is -3.97. The fourth-order valence-electron chi connectivity index (χ4n) is 3.52. The van der Waals surface area contributed by atoms with E-state index in [0.717, 1.165) is 34.2 Å². The number of ether oxygens (including phenoxy) is 1. The summed E-state index contributed by atoms with van der Waals surface area (Å²) in [5.74, 6) is -0.838. The summed E-state index contributed by atoms with van der Waals surface area (Å²) < 4.78 is 39.9. The normalized spacial score (nSPS) is 13.1. The van der Waals surface area contributed by atoms with Crippen LogP contribution in [0.2, 0.25) is 0 Å². The number of hydrogen-bond acceptors (Lipinski definition) is 7. The zero-order valence-corrected chi connectivity index (χ0v) is 20.3. The highest BCUT2D eigenvalue weighted by molar-refractivity contribution is 7.89. The van der Waals surface area contributed by atoms with Crippen LogP contribution in [0.5, 0.6) is 0 Å². The van der Waals surface area contributed by atoms with E-state index >= 15 is 0 Å². The predicted octanol–water partition coefficient (Wildman–Crippen LogP) is 5.36. The topological polar surface area (TPSA) is 98.5 Å². The van der Waals surface area contributed by atoms with Gasteiger partial charge in [-0.05, 0) is 42.7 Å². The van der Waals surface area contributed by atoms with Gasteiger partial charge in [-0.15, -0.1) is 11.3 Å². The summed E-state index contributed by atoms with van der Waals surface area (Å²) in [5.41, 5.74) is 2.09. The number of esters is 1. The number of furan rings is 1. The monoisotopic (exact) mass is 486 g/mol. The molecule has 0 saturated carbocycles. The molecule has 9 heteroatoms. The van der Waals surface area contributed by atoms with Gasteiger partial charge in [0.25, 0.3) is 0 Å². The highest BCUT2D eigenvalue weighted by Crippen LogP contribution is 2.34. The molecule has 1 atom stereocenters. The molecule has 0 aliphatic carbocycles. The van der Waals surface area contributed by atoms with Crippen LogP contribution in [0.4, 0.5) is 0 Å². The molecule has 1 unspecified atom stereocenters. The average Bonchev–Trinajstić information content (AvgIpc) is 3.44. The van der Waals surface area contributed by atoms with Crippen molar-refractivity contribution >= 4 is 49.3 Å². The van der Waals surface area contributed by atoms with Gasteiger partial charge < -0.3 is 9.15 Å². The van der Waals surface area contributed by atoms with E-state index in [0.29, 0.717) is 11.2 Å². The second kappa shape index (κ2) is 9.62. The van der Waals surface area contributed by atoms with Crippen molar-refractivity contribution in [2.75, 3.05) is 6.61 Å². The highest BCUT2D eigenvalue weighted by Gasteiger charge is 2.30. The molecule has 0 fully saturated rings. The molecular weight excluding hydrogens is 460 g/mol. The quantitative estimate of drug-likeness (QED) is 0.253. The van der Waals surface area contributed by atoms with Crippen molar-refractivity contribution in [2.24, 2.45) is 5.92 Å². The van der Waals surface area contributed by atoms with Gasteiger partial charge in [-0.25, -0.2) is 13.4 Å². The summed E-state index contributed by atoms with van der Waals surface area (Å²) in [6, 6.07) is 9.55. The van der Waals surface area contributed by atoms with Crippen molar-refractivity contribution in [2.45, 2.75) is 44.6 Å². The third-order valence-corrected chi connectivity index (χ3v) is 7.64. The molecule has 0 saturated heterocycles. The summed E-state index contributed by atoms with van der Waals surface area (Å²) in [6.07, 6.45) is 3.37. The number of thiazole rings is 1. The average molecular weight is 487 g/mol. The fraction of sp³-hybridized carbons (Fsp3) is 0.333. The maximum atomic E-state index is 13.1. The van der Waals surface area contributed by atoms with Gasteiger partial charge in [0, 0.05) is 34.0 Å². The first-order valence-electron chi connectivity index (χ1n) is 10.9. The number of nitrogens with one attached hydrogen (secondary N) is 1. The number of fused-ring (bicyclic) bond motifs is 3. The van der Waals surface area contributed by atoms with Crippen LogP contribution >= 0.6 is 11.3 Å². The molecule has 4 rings (SSSR count). The summed E-state index contributed by atoms with van der Waals surface area (Å²) in [6.45, 7) is 5.81. The van der Waals surface area contributed by atoms with Gasteiger partial charge in [-0.1, -0.05) is 27.2 Å². The molecular formula is C24H26N2O5S2. The number of aromatic nitrogens is 1. The number of hydrogen-bond donors (Lipinski definition) is 1. The van der Waals surface area contributed by atoms with E-state index in [1.165, 1.54) is 12.1 Å². The van der Waals surface area contributed by atoms with Crippen molar-refractivity contribution in [1.29, 1.82) is 0 Å². The van der Waals surface area contributed by atoms with Crippen molar-refractivity contribution in [3.8, 4) is 10.6 Å². The van der Waals surface area contributed by atoms with E-state index < -0.39 is 22.0 Å². The van der Waals surface area contributed by atoms with Gasteiger partial charge in [0.2, 0.25) is 10.0 Å². The van der Waals surface area contributed by atoms with Crippen LogP contribution in [0.25, 0.3) is 32.5 Å². The van der Waals surface area contributed by atoms with Crippen LogP contribution in [0.3, 0.4) is 0 Å². The number of benzene rings is 2. The first-order chi connectivity index (χ1) is 15.8. The van der Waals surface area contributed by atoms with Crippen molar-refractivity contribution in [3.63, 3.8) is 0 Å². The summed E-state index contributed by atoms with van der Waals surface area (Å²) >= 11 is 1.55. The third-order valence-electron chi connectivity index (χ3n) is 5.38. The van der Waals surface area contributed by atoms with Crippen molar-refractivity contribution < 1.29 is 22.4 Å². The maximum Gasteiger partial charge on any atom is 0.324 e. The number of carbonyl (C=O) groups is 1. The van der Waals surface area contributed by atoms with Crippen LogP contribution in [-0.2, 0) is 19.6 Å². The highest BCUT2D eigenvalue weighted by atomic mass is 32.2. The van der Waals surface area contributed by atoms with Crippen LogP contribution in [0, 0.1) is 5.92 Å². The predicted molar refractivity (Wildman–Crippen MR) is 130 cm³/mol. The Labute approximate surface area is 196 Å². The van der Waals surface area contributed by atoms with E-state index in [1.807, 2.05) is 30.5 Å². The Balaban J connectivity index is 1.64. The molecule has 4 aromatic rings. The molecule has 2 aromatic heterocycles. The van der Waals surface area contributed by atoms with E-state index in [-0.39, 0.29) is 17.4 Å². The minimum Gasteiger partial charge on any atom is -0.464 e. The summed E-state index contributed by atoms with van der Waals surface area (Å²) in [5, 5.41) is 4.51. The standard InChI is InChI=1S/C24H26N2O5S2/c1-4-5-11-30-24(27)22(15(2)3)26-33(28,29)17-7-8-18-19-13-16(23-25-10-12-32-23)6-9-20(19)31-21(18)14-17/h6-10,12-15,22,26H,4-5,11H2,1-3H3. The Morgan fingerprint density at radius 3 is 2.67 bits per heavy atom. The zero-order valence-electron chi connectivity index (χ0n) is 18.7. The summed E-state index contributed by atoms with van der Waals surface area (Å²) in [4.78, 5) is 16.8. The van der Waals surface area contributed by atoms with E-state index in [1.54, 1.807) is 37.4 Å². The lowest BCUT2D eigenvalue weighted by Crippen LogP contribution is -2.45. The molecule has 0 aliphatic rings. The lowest BCUT2D eigenvalue weighted by Gasteiger charge is -2.20. The molecule has 0 amide bonds. The molecule has 0 spiro atoms. The van der Waals surface area contributed by atoms with Gasteiger partial charge in [0.05, 0.1) is 11.5 Å². The Hall–Kier alpha value is -2.75. The molecule has 174 valence electrons.